The second-order valence-corrected chi connectivity index (χ2v) is 6.80. The number of aliphatic hydroxyl groups is 1. The molecule has 2 unspecified atom stereocenters. The van der Waals surface area contributed by atoms with Crippen LogP contribution < -0.4 is 10.1 Å². The zero-order chi connectivity index (χ0) is 16.8. The van der Waals surface area contributed by atoms with Gasteiger partial charge in [0.25, 0.3) is 0 Å². The standard InChI is InChI=1S/C18H28N2O3/c1-13(2)12-23-16-8-5-7-15(10-16)19-18(22)20(3)11-14-6-4-9-17(14)21/h5,7-8,10,13-14,17,21H,4,6,9,11-12H2,1-3H3,(H,19,22). The predicted octanol–water partition coefficient (Wildman–Crippen LogP) is 3.35. The van der Waals surface area contributed by atoms with Crippen LogP contribution in [0.1, 0.15) is 33.1 Å². The van der Waals surface area contributed by atoms with Crippen molar-refractivity contribution >= 4 is 11.7 Å². The van der Waals surface area contributed by atoms with E-state index in [0.717, 1.165) is 30.7 Å². The van der Waals surface area contributed by atoms with Crippen molar-refractivity contribution in [3.63, 3.8) is 0 Å². The van der Waals surface area contributed by atoms with Crippen LogP contribution in [0.15, 0.2) is 24.3 Å². The summed E-state index contributed by atoms with van der Waals surface area (Å²) in [5.74, 6) is 1.40. The number of rotatable bonds is 6. The van der Waals surface area contributed by atoms with E-state index < -0.39 is 0 Å². The van der Waals surface area contributed by atoms with Gasteiger partial charge in [-0.15, -0.1) is 0 Å². The molecule has 0 aromatic heterocycles. The van der Waals surface area contributed by atoms with Crippen LogP contribution in [0.2, 0.25) is 0 Å². The van der Waals surface area contributed by atoms with Crippen molar-refractivity contribution in [2.45, 2.75) is 39.2 Å². The Labute approximate surface area is 138 Å². The molecule has 0 bridgehead atoms. The summed E-state index contributed by atoms with van der Waals surface area (Å²) in [6.07, 6.45) is 2.58. The van der Waals surface area contributed by atoms with E-state index in [1.807, 2.05) is 24.3 Å². The van der Waals surface area contributed by atoms with Crippen LogP contribution in [0.25, 0.3) is 0 Å². The van der Waals surface area contributed by atoms with Gasteiger partial charge in [0.05, 0.1) is 12.7 Å². The Balaban J connectivity index is 1.87. The average molecular weight is 320 g/mol. The summed E-state index contributed by atoms with van der Waals surface area (Å²) in [6, 6.07) is 7.27. The van der Waals surface area contributed by atoms with Crippen LogP contribution >= 0.6 is 0 Å². The second-order valence-electron chi connectivity index (χ2n) is 6.80. The van der Waals surface area contributed by atoms with E-state index >= 15 is 0 Å². The molecular formula is C18H28N2O3. The summed E-state index contributed by atoms with van der Waals surface area (Å²) in [5.41, 5.74) is 0.718. The van der Waals surface area contributed by atoms with Crippen molar-refractivity contribution in [2.24, 2.45) is 11.8 Å². The molecule has 0 aliphatic heterocycles. The molecule has 1 aliphatic rings. The molecule has 0 heterocycles. The lowest BCUT2D eigenvalue weighted by atomic mass is 10.1. The van der Waals surface area contributed by atoms with Crippen molar-refractivity contribution in [1.29, 1.82) is 0 Å². The molecule has 1 aromatic rings. The highest BCUT2D eigenvalue weighted by molar-refractivity contribution is 5.89. The molecule has 23 heavy (non-hydrogen) atoms. The van der Waals surface area contributed by atoms with E-state index in [0.29, 0.717) is 19.1 Å². The monoisotopic (exact) mass is 320 g/mol. The Morgan fingerprint density at radius 2 is 2.22 bits per heavy atom. The predicted molar refractivity (Wildman–Crippen MR) is 91.8 cm³/mol. The Morgan fingerprint density at radius 1 is 1.43 bits per heavy atom. The number of ether oxygens (including phenoxy) is 1. The normalized spacial score (nSPS) is 20.6. The van der Waals surface area contributed by atoms with E-state index in [1.54, 1.807) is 11.9 Å². The minimum atomic E-state index is -0.280. The molecule has 128 valence electrons. The lowest BCUT2D eigenvalue weighted by Crippen LogP contribution is -2.37. The highest BCUT2D eigenvalue weighted by Crippen LogP contribution is 2.26. The molecule has 5 nitrogen and oxygen atoms in total. The van der Waals surface area contributed by atoms with Crippen LogP contribution in [-0.4, -0.2) is 42.3 Å². The molecule has 0 radical (unpaired) electrons. The minimum Gasteiger partial charge on any atom is -0.493 e. The molecule has 1 fully saturated rings. The molecule has 2 rings (SSSR count). The zero-order valence-electron chi connectivity index (χ0n) is 14.3. The number of amides is 2. The summed E-state index contributed by atoms with van der Waals surface area (Å²) in [7, 11) is 1.76. The number of benzene rings is 1. The van der Waals surface area contributed by atoms with Gasteiger partial charge in [0.15, 0.2) is 0 Å². The van der Waals surface area contributed by atoms with Crippen molar-refractivity contribution in [3.05, 3.63) is 24.3 Å². The second kappa shape index (κ2) is 8.20. The SMILES string of the molecule is CC(C)COc1cccc(NC(=O)N(C)CC2CCCC2O)c1. The number of nitrogens with zero attached hydrogens (tertiary/aromatic N) is 1. The number of carbonyl (C=O) groups is 1. The van der Waals surface area contributed by atoms with Gasteiger partial charge in [0.2, 0.25) is 0 Å². The number of hydrogen-bond donors (Lipinski definition) is 2. The maximum absolute atomic E-state index is 12.3. The quantitative estimate of drug-likeness (QED) is 0.845. The molecule has 0 spiro atoms. The fourth-order valence-corrected chi connectivity index (χ4v) is 2.81. The van der Waals surface area contributed by atoms with E-state index in [2.05, 4.69) is 19.2 Å². The Bertz CT molecular complexity index is 519. The number of aliphatic hydroxyl groups excluding tert-OH is 1. The fraction of sp³-hybridized carbons (Fsp3) is 0.611. The Morgan fingerprint density at radius 3 is 2.87 bits per heavy atom. The molecule has 2 N–H and O–H groups in total. The van der Waals surface area contributed by atoms with Crippen LogP contribution in [-0.2, 0) is 0 Å². The van der Waals surface area contributed by atoms with Gasteiger partial charge in [-0.2, -0.15) is 0 Å². The third-order valence-electron chi connectivity index (χ3n) is 4.14. The fourth-order valence-electron chi connectivity index (χ4n) is 2.81. The van der Waals surface area contributed by atoms with E-state index in [9.17, 15) is 9.90 Å². The van der Waals surface area contributed by atoms with Crippen LogP contribution in [0.4, 0.5) is 10.5 Å². The number of anilines is 1. The van der Waals surface area contributed by atoms with Crippen LogP contribution in [0.5, 0.6) is 5.75 Å². The van der Waals surface area contributed by atoms with Gasteiger partial charge in [-0.1, -0.05) is 26.3 Å². The Kier molecular flexibility index (Phi) is 6.28. The Hall–Kier alpha value is -1.75. The van der Waals surface area contributed by atoms with Crippen LogP contribution in [0.3, 0.4) is 0 Å². The molecule has 1 aliphatic carbocycles. The van der Waals surface area contributed by atoms with Crippen molar-refractivity contribution < 1.29 is 14.6 Å². The zero-order valence-corrected chi connectivity index (χ0v) is 14.3. The van der Waals surface area contributed by atoms with Gasteiger partial charge in [-0.25, -0.2) is 4.79 Å². The molecule has 0 saturated heterocycles. The summed E-state index contributed by atoms with van der Waals surface area (Å²) >= 11 is 0. The third kappa shape index (κ3) is 5.43. The smallest absolute Gasteiger partial charge is 0.321 e. The molecule has 2 amide bonds. The van der Waals surface area contributed by atoms with Gasteiger partial charge in [-0.05, 0) is 30.9 Å². The molecule has 1 aromatic carbocycles. The van der Waals surface area contributed by atoms with E-state index in [-0.39, 0.29) is 18.1 Å². The van der Waals surface area contributed by atoms with Crippen LogP contribution in [0, 0.1) is 11.8 Å². The minimum absolute atomic E-state index is 0.162. The lowest BCUT2D eigenvalue weighted by molar-refractivity contribution is 0.116. The van der Waals surface area contributed by atoms with Gasteiger partial charge in [0, 0.05) is 31.3 Å². The molecule has 5 heteroatoms. The van der Waals surface area contributed by atoms with Crippen molar-refractivity contribution in [3.8, 4) is 5.75 Å². The number of urea groups is 1. The third-order valence-corrected chi connectivity index (χ3v) is 4.14. The summed E-state index contributed by atoms with van der Waals surface area (Å²) in [6.45, 7) is 5.42. The number of hydrogen-bond acceptors (Lipinski definition) is 3. The number of carbonyl (C=O) groups excluding carboxylic acids is 1. The molecule has 2 atom stereocenters. The van der Waals surface area contributed by atoms with Gasteiger partial charge >= 0.3 is 6.03 Å². The van der Waals surface area contributed by atoms with Gasteiger partial charge in [-0.3, -0.25) is 0 Å². The van der Waals surface area contributed by atoms with Gasteiger partial charge in [0.1, 0.15) is 5.75 Å². The lowest BCUT2D eigenvalue weighted by Gasteiger charge is -2.23. The van der Waals surface area contributed by atoms with Crippen molar-refractivity contribution in [1.82, 2.24) is 4.90 Å². The maximum atomic E-state index is 12.3. The van der Waals surface area contributed by atoms with E-state index in [4.69, 9.17) is 4.74 Å². The summed E-state index contributed by atoms with van der Waals surface area (Å²) in [5, 5.41) is 12.8. The molecular weight excluding hydrogens is 292 g/mol. The first-order valence-corrected chi connectivity index (χ1v) is 8.38. The summed E-state index contributed by atoms with van der Waals surface area (Å²) < 4.78 is 5.67. The highest BCUT2D eigenvalue weighted by Gasteiger charge is 2.27. The maximum Gasteiger partial charge on any atom is 0.321 e. The average Bonchev–Trinajstić information content (AvgIpc) is 2.90. The first-order chi connectivity index (χ1) is 11.0. The van der Waals surface area contributed by atoms with E-state index in [1.165, 1.54) is 0 Å². The topological polar surface area (TPSA) is 61.8 Å². The first-order valence-electron chi connectivity index (χ1n) is 8.38. The summed E-state index contributed by atoms with van der Waals surface area (Å²) in [4.78, 5) is 13.9. The number of nitrogens with one attached hydrogen (secondary N) is 1. The first kappa shape index (κ1) is 17.6. The van der Waals surface area contributed by atoms with Gasteiger partial charge < -0.3 is 20.1 Å². The van der Waals surface area contributed by atoms with Crippen molar-refractivity contribution in [2.75, 3.05) is 25.5 Å². The largest absolute Gasteiger partial charge is 0.493 e. The highest BCUT2D eigenvalue weighted by atomic mass is 16.5. The molecule has 1 saturated carbocycles.